The lowest BCUT2D eigenvalue weighted by atomic mass is 9.91. The Hall–Kier alpha value is -1.35. The topological polar surface area (TPSA) is 32.3 Å². The smallest absolute Gasteiger partial charge is 0.240 e. The summed E-state index contributed by atoms with van der Waals surface area (Å²) < 4.78 is 0. The van der Waals surface area contributed by atoms with Crippen molar-refractivity contribution in [2.24, 2.45) is 5.92 Å². The van der Waals surface area contributed by atoms with E-state index in [9.17, 15) is 4.79 Å². The fourth-order valence-corrected chi connectivity index (χ4v) is 2.95. The number of nitrogens with one attached hydrogen (secondary N) is 1. The van der Waals surface area contributed by atoms with Gasteiger partial charge >= 0.3 is 0 Å². The number of carbonyl (C=O) groups is 1. The summed E-state index contributed by atoms with van der Waals surface area (Å²) in [5.41, 5.74) is 2.46. The molecule has 3 heteroatoms. The van der Waals surface area contributed by atoms with Gasteiger partial charge < -0.3 is 10.2 Å². The first-order chi connectivity index (χ1) is 9.61. The van der Waals surface area contributed by atoms with Gasteiger partial charge in [0.1, 0.15) is 0 Å². The van der Waals surface area contributed by atoms with Crippen molar-refractivity contribution in [1.29, 1.82) is 0 Å². The van der Waals surface area contributed by atoms with E-state index in [1.165, 1.54) is 17.5 Å². The van der Waals surface area contributed by atoms with Gasteiger partial charge in [-0.15, -0.1) is 0 Å². The second-order valence-corrected chi connectivity index (χ2v) is 5.89. The normalized spacial score (nSPS) is 22.6. The minimum atomic E-state index is -0.00601. The molecular formula is C17H26N2O. The molecule has 0 aromatic heterocycles. The molecule has 1 aromatic rings. The maximum atomic E-state index is 12.7. The van der Waals surface area contributed by atoms with Crippen LogP contribution in [0.15, 0.2) is 24.3 Å². The number of hydrogen-bond acceptors (Lipinski definition) is 2. The second kappa shape index (κ2) is 6.89. The highest BCUT2D eigenvalue weighted by atomic mass is 16.2. The zero-order chi connectivity index (χ0) is 14.5. The maximum Gasteiger partial charge on any atom is 0.240 e. The SMILES string of the molecule is CCN(Cc1cccc(C)c1)C(=O)C1NCCCC1C. The largest absolute Gasteiger partial charge is 0.337 e. The Kier molecular flexibility index (Phi) is 5.18. The Morgan fingerprint density at radius 2 is 2.25 bits per heavy atom. The van der Waals surface area contributed by atoms with Crippen LogP contribution in [-0.2, 0) is 11.3 Å². The van der Waals surface area contributed by atoms with Gasteiger partial charge in [0.25, 0.3) is 0 Å². The molecule has 1 aliphatic heterocycles. The van der Waals surface area contributed by atoms with Crippen LogP contribution in [0.1, 0.15) is 37.8 Å². The van der Waals surface area contributed by atoms with Crippen LogP contribution >= 0.6 is 0 Å². The first kappa shape index (κ1) is 15.0. The van der Waals surface area contributed by atoms with Gasteiger partial charge in [0.05, 0.1) is 6.04 Å². The van der Waals surface area contributed by atoms with Gasteiger partial charge in [-0.1, -0.05) is 36.8 Å². The number of benzene rings is 1. The predicted molar refractivity (Wildman–Crippen MR) is 82.5 cm³/mol. The molecule has 2 unspecified atom stereocenters. The van der Waals surface area contributed by atoms with E-state index in [1.54, 1.807) is 0 Å². The Morgan fingerprint density at radius 3 is 2.90 bits per heavy atom. The molecule has 0 aliphatic carbocycles. The van der Waals surface area contributed by atoms with Crippen LogP contribution in [0.4, 0.5) is 0 Å². The molecule has 3 nitrogen and oxygen atoms in total. The minimum absolute atomic E-state index is 0.00601. The molecule has 0 spiro atoms. The molecule has 1 N–H and O–H groups in total. The Bertz CT molecular complexity index is 458. The van der Waals surface area contributed by atoms with E-state index in [0.717, 1.165) is 19.5 Å². The Balaban J connectivity index is 2.05. The predicted octanol–water partition coefficient (Wildman–Crippen LogP) is 2.73. The van der Waals surface area contributed by atoms with Crippen molar-refractivity contribution in [3.63, 3.8) is 0 Å². The van der Waals surface area contributed by atoms with Crippen LogP contribution in [0.5, 0.6) is 0 Å². The average Bonchev–Trinajstić information content (AvgIpc) is 2.44. The van der Waals surface area contributed by atoms with Crippen LogP contribution in [-0.4, -0.2) is 29.9 Å². The van der Waals surface area contributed by atoms with E-state index < -0.39 is 0 Å². The van der Waals surface area contributed by atoms with E-state index >= 15 is 0 Å². The number of amides is 1. The van der Waals surface area contributed by atoms with Crippen molar-refractivity contribution < 1.29 is 4.79 Å². The number of carbonyl (C=O) groups excluding carboxylic acids is 1. The number of hydrogen-bond donors (Lipinski definition) is 1. The summed E-state index contributed by atoms with van der Waals surface area (Å²) in [6.07, 6.45) is 2.32. The molecule has 20 heavy (non-hydrogen) atoms. The Morgan fingerprint density at radius 1 is 1.45 bits per heavy atom. The van der Waals surface area contributed by atoms with Crippen molar-refractivity contribution in [2.75, 3.05) is 13.1 Å². The van der Waals surface area contributed by atoms with Gasteiger partial charge in [-0.25, -0.2) is 0 Å². The van der Waals surface area contributed by atoms with Crippen molar-refractivity contribution in [3.8, 4) is 0 Å². The average molecular weight is 274 g/mol. The van der Waals surface area contributed by atoms with E-state index in [2.05, 4.69) is 50.4 Å². The van der Waals surface area contributed by atoms with E-state index in [1.807, 2.05) is 4.90 Å². The number of rotatable bonds is 4. The van der Waals surface area contributed by atoms with Crippen molar-refractivity contribution in [2.45, 2.75) is 46.2 Å². The summed E-state index contributed by atoms with van der Waals surface area (Å²) in [7, 11) is 0. The summed E-state index contributed by atoms with van der Waals surface area (Å²) in [6, 6.07) is 8.40. The van der Waals surface area contributed by atoms with Crippen molar-refractivity contribution >= 4 is 5.91 Å². The molecular weight excluding hydrogens is 248 g/mol. The summed E-state index contributed by atoms with van der Waals surface area (Å²) >= 11 is 0. The summed E-state index contributed by atoms with van der Waals surface area (Å²) in [4.78, 5) is 14.7. The van der Waals surface area contributed by atoms with E-state index in [4.69, 9.17) is 0 Å². The van der Waals surface area contributed by atoms with Crippen LogP contribution in [0.25, 0.3) is 0 Å². The van der Waals surface area contributed by atoms with Gasteiger partial charge in [0.2, 0.25) is 5.91 Å². The summed E-state index contributed by atoms with van der Waals surface area (Å²) in [5.74, 6) is 0.684. The lowest BCUT2D eigenvalue weighted by Gasteiger charge is -2.33. The molecule has 1 aromatic carbocycles. The van der Waals surface area contributed by atoms with Gasteiger partial charge in [0, 0.05) is 13.1 Å². The highest BCUT2D eigenvalue weighted by molar-refractivity contribution is 5.82. The molecule has 1 aliphatic rings. The third-order valence-corrected chi connectivity index (χ3v) is 4.18. The highest BCUT2D eigenvalue weighted by Crippen LogP contribution is 2.18. The number of nitrogens with zero attached hydrogens (tertiary/aromatic N) is 1. The fourth-order valence-electron chi connectivity index (χ4n) is 2.95. The van der Waals surface area contributed by atoms with Gasteiger partial charge in [0.15, 0.2) is 0 Å². The van der Waals surface area contributed by atoms with Crippen molar-refractivity contribution in [1.82, 2.24) is 10.2 Å². The van der Waals surface area contributed by atoms with Gasteiger partial charge in [-0.05, 0) is 44.7 Å². The summed E-state index contributed by atoms with van der Waals surface area (Å²) in [6.45, 7) is 8.76. The Labute approximate surface area is 122 Å². The first-order valence-electron chi connectivity index (χ1n) is 7.69. The van der Waals surface area contributed by atoms with Crippen molar-refractivity contribution in [3.05, 3.63) is 35.4 Å². The zero-order valence-corrected chi connectivity index (χ0v) is 12.9. The zero-order valence-electron chi connectivity index (χ0n) is 12.9. The lowest BCUT2D eigenvalue weighted by molar-refractivity contribution is -0.135. The molecule has 2 atom stereocenters. The number of piperidine rings is 1. The van der Waals surface area contributed by atoms with Gasteiger partial charge in [-0.3, -0.25) is 4.79 Å². The lowest BCUT2D eigenvalue weighted by Crippen LogP contribution is -2.52. The third kappa shape index (κ3) is 3.60. The van der Waals surface area contributed by atoms with Crippen LogP contribution in [0, 0.1) is 12.8 Å². The first-order valence-corrected chi connectivity index (χ1v) is 7.69. The molecule has 1 saturated heterocycles. The third-order valence-electron chi connectivity index (χ3n) is 4.18. The minimum Gasteiger partial charge on any atom is -0.337 e. The second-order valence-electron chi connectivity index (χ2n) is 5.89. The number of aryl methyl sites for hydroxylation is 1. The van der Waals surface area contributed by atoms with E-state index in [0.29, 0.717) is 12.5 Å². The molecule has 1 heterocycles. The molecule has 2 rings (SSSR count). The standard InChI is InChI=1S/C17H26N2O/c1-4-19(12-15-9-5-7-13(2)11-15)17(20)16-14(3)8-6-10-18-16/h5,7,9,11,14,16,18H,4,6,8,10,12H2,1-3H3. The molecule has 1 amide bonds. The molecule has 0 saturated carbocycles. The quantitative estimate of drug-likeness (QED) is 0.915. The molecule has 0 radical (unpaired) electrons. The molecule has 1 fully saturated rings. The summed E-state index contributed by atoms with van der Waals surface area (Å²) in [5, 5.41) is 3.39. The van der Waals surface area contributed by atoms with Crippen LogP contribution in [0.3, 0.4) is 0 Å². The molecule has 0 bridgehead atoms. The highest BCUT2D eigenvalue weighted by Gasteiger charge is 2.30. The van der Waals surface area contributed by atoms with Crippen LogP contribution in [0.2, 0.25) is 0 Å². The van der Waals surface area contributed by atoms with Gasteiger partial charge in [-0.2, -0.15) is 0 Å². The number of likely N-dealkylation sites (N-methyl/N-ethyl adjacent to an activating group) is 1. The van der Waals surface area contributed by atoms with Crippen LogP contribution < -0.4 is 5.32 Å². The van der Waals surface area contributed by atoms with E-state index in [-0.39, 0.29) is 11.9 Å². The maximum absolute atomic E-state index is 12.7. The fraction of sp³-hybridized carbons (Fsp3) is 0.588. The monoisotopic (exact) mass is 274 g/mol. The molecule has 110 valence electrons.